The van der Waals surface area contributed by atoms with E-state index < -0.39 is 6.10 Å². The topological polar surface area (TPSA) is 78.9 Å². The molecule has 0 heterocycles. The number of rotatable bonds is 51. The summed E-state index contributed by atoms with van der Waals surface area (Å²) in [5.41, 5.74) is 0. The van der Waals surface area contributed by atoms with Crippen LogP contribution >= 0.6 is 0 Å². The Hall–Kier alpha value is -3.67. The first kappa shape index (κ1) is 65.3. The van der Waals surface area contributed by atoms with Gasteiger partial charge in [0.2, 0.25) is 0 Å². The van der Waals surface area contributed by atoms with Crippen LogP contribution in [0.5, 0.6) is 0 Å². The SMILES string of the molecule is CC\C=C/C=C\C=C/C=C\CCCCCCCC(=O)OCC(COC(=O)CCCCCCCC/C=C\C/C=C\C/C=C\C/C=C\CC)OC(=O)CCCCCCCCCCCCCCCCCCC. The fourth-order valence-corrected chi connectivity index (χ4v) is 7.92. The minimum absolute atomic E-state index is 0.0918. The van der Waals surface area contributed by atoms with Gasteiger partial charge in [-0.2, -0.15) is 0 Å². The van der Waals surface area contributed by atoms with Crippen molar-refractivity contribution in [2.75, 3.05) is 13.2 Å². The van der Waals surface area contributed by atoms with Crippen LogP contribution in [0.4, 0.5) is 0 Å². The van der Waals surface area contributed by atoms with E-state index in [-0.39, 0.29) is 31.1 Å². The number of carbonyl (C=O) groups is 3. The van der Waals surface area contributed by atoms with E-state index in [2.05, 4.69) is 99.8 Å². The average molecular weight is 960 g/mol. The molecule has 0 aromatic rings. The lowest BCUT2D eigenvalue weighted by atomic mass is 10.0. The van der Waals surface area contributed by atoms with Gasteiger partial charge in [-0.3, -0.25) is 14.4 Å². The smallest absolute Gasteiger partial charge is 0.306 e. The van der Waals surface area contributed by atoms with E-state index in [1.807, 2.05) is 18.2 Å². The fraction of sp³-hybridized carbons (Fsp3) is 0.698. The molecule has 0 aliphatic heterocycles. The van der Waals surface area contributed by atoms with Crippen molar-refractivity contribution in [3.8, 4) is 0 Å². The number of hydrogen-bond acceptors (Lipinski definition) is 6. The van der Waals surface area contributed by atoms with Crippen LogP contribution < -0.4 is 0 Å². The van der Waals surface area contributed by atoms with Gasteiger partial charge in [-0.25, -0.2) is 0 Å². The van der Waals surface area contributed by atoms with Crippen LogP contribution in [0.15, 0.2) is 97.2 Å². The maximum Gasteiger partial charge on any atom is 0.306 e. The van der Waals surface area contributed by atoms with Crippen molar-refractivity contribution in [3.63, 3.8) is 0 Å². The number of unbranched alkanes of at least 4 members (excludes halogenated alkanes) is 27. The number of allylic oxidation sites excluding steroid dienone is 16. The van der Waals surface area contributed by atoms with Gasteiger partial charge in [0, 0.05) is 19.3 Å². The molecule has 0 radical (unpaired) electrons. The van der Waals surface area contributed by atoms with Crippen molar-refractivity contribution >= 4 is 17.9 Å². The molecule has 0 aliphatic rings. The highest BCUT2D eigenvalue weighted by Gasteiger charge is 2.19. The summed E-state index contributed by atoms with van der Waals surface area (Å²) in [4.78, 5) is 38.2. The van der Waals surface area contributed by atoms with Gasteiger partial charge in [0.05, 0.1) is 0 Å². The Kier molecular flexibility index (Phi) is 53.9. The highest BCUT2D eigenvalue weighted by atomic mass is 16.6. The lowest BCUT2D eigenvalue weighted by Crippen LogP contribution is -2.30. The van der Waals surface area contributed by atoms with Crippen LogP contribution in [0, 0.1) is 0 Å². The molecule has 0 amide bonds. The summed E-state index contributed by atoms with van der Waals surface area (Å²) in [5, 5.41) is 0. The first-order chi connectivity index (χ1) is 34.0. The van der Waals surface area contributed by atoms with Crippen LogP contribution in [-0.4, -0.2) is 37.2 Å². The lowest BCUT2D eigenvalue weighted by molar-refractivity contribution is -0.167. The number of hydrogen-bond donors (Lipinski definition) is 0. The summed E-state index contributed by atoms with van der Waals surface area (Å²) in [7, 11) is 0. The number of esters is 3. The maximum atomic E-state index is 12.9. The van der Waals surface area contributed by atoms with Crippen molar-refractivity contribution < 1.29 is 28.6 Å². The van der Waals surface area contributed by atoms with Gasteiger partial charge < -0.3 is 14.2 Å². The Balaban J connectivity index is 4.43. The number of carbonyl (C=O) groups excluding carboxylic acids is 3. The molecule has 0 rings (SSSR count). The highest BCUT2D eigenvalue weighted by Crippen LogP contribution is 2.16. The van der Waals surface area contributed by atoms with Gasteiger partial charge in [-0.05, 0) is 77.0 Å². The summed E-state index contributed by atoms with van der Waals surface area (Å²) in [6, 6.07) is 0. The Morgan fingerprint density at radius 1 is 0.319 bits per heavy atom. The lowest BCUT2D eigenvalue weighted by Gasteiger charge is -2.18. The van der Waals surface area contributed by atoms with E-state index in [0.717, 1.165) is 122 Å². The van der Waals surface area contributed by atoms with Crippen molar-refractivity contribution in [1.82, 2.24) is 0 Å². The Bertz CT molecular complexity index is 1380. The molecule has 0 saturated carbocycles. The van der Waals surface area contributed by atoms with E-state index >= 15 is 0 Å². The maximum absolute atomic E-state index is 12.9. The average Bonchev–Trinajstić information content (AvgIpc) is 3.35. The van der Waals surface area contributed by atoms with E-state index in [4.69, 9.17) is 14.2 Å². The van der Waals surface area contributed by atoms with Crippen LogP contribution in [0.1, 0.15) is 265 Å². The molecule has 0 spiro atoms. The third kappa shape index (κ3) is 55.1. The second-order valence-electron chi connectivity index (χ2n) is 18.9. The van der Waals surface area contributed by atoms with Gasteiger partial charge in [0.1, 0.15) is 13.2 Å². The molecule has 6 heteroatoms. The molecular weight excluding hydrogens is 853 g/mol. The molecule has 6 nitrogen and oxygen atoms in total. The van der Waals surface area contributed by atoms with E-state index in [1.54, 1.807) is 0 Å². The van der Waals surface area contributed by atoms with Crippen molar-refractivity contribution in [3.05, 3.63) is 97.2 Å². The van der Waals surface area contributed by atoms with Gasteiger partial charge in [-0.15, -0.1) is 0 Å². The third-order valence-corrected chi connectivity index (χ3v) is 12.2. The molecule has 0 bridgehead atoms. The second kappa shape index (κ2) is 56.9. The van der Waals surface area contributed by atoms with E-state index in [9.17, 15) is 14.4 Å². The molecule has 0 aromatic heterocycles. The van der Waals surface area contributed by atoms with Gasteiger partial charge >= 0.3 is 17.9 Å². The Morgan fingerprint density at radius 3 is 1.06 bits per heavy atom. The zero-order valence-corrected chi connectivity index (χ0v) is 45.0. The zero-order valence-electron chi connectivity index (χ0n) is 45.0. The zero-order chi connectivity index (χ0) is 50.0. The summed E-state index contributed by atoms with van der Waals surface area (Å²) >= 11 is 0. The fourth-order valence-electron chi connectivity index (χ4n) is 7.92. The summed E-state index contributed by atoms with van der Waals surface area (Å²) in [5.74, 6) is -0.921. The molecule has 0 N–H and O–H groups in total. The minimum Gasteiger partial charge on any atom is -0.462 e. The number of ether oxygens (including phenoxy) is 3. The van der Waals surface area contributed by atoms with E-state index in [0.29, 0.717) is 19.3 Å². The quantitative estimate of drug-likeness (QED) is 0.0199. The van der Waals surface area contributed by atoms with Crippen molar-refractivity contribution in [1.29, 1.82) is 0 Å². The minimum atomic E-state index is -0.793. The Labute approximate surface area is 426 Å². The van der Waals surface area contributed by atoms with Crippen molar-refractivity contribution in [2.24, 2.45) is 0 Å². The summed E-state index contributed by atoms with van der Waals surface area (Å²) in [6.45, 7) is 6.37. The molecule has 1 unspecified atom stereocenters. The van der Waals surface area contributed by atoms with E-state index in [1.165, 1.54) is 103 Å². The second-order valence-corrected chi connectivity index (χ2v) is 18.9. The summed E-state index contributed by atoms with van der Waals surface area (Å²) in [6.07, 6.45) is 75.3. The predicted octanol–water partition coefficient (Wildman–Crippen LogP) is 19.3. The molecular formula is C63H106O6. The van der Waals surface area contributed by atoms with Crippen molar-refractivity contribution in [2.45, 2.75) is 271 Å². The standard InChI is InChI=1S/C63H106O6/c1-4-7-10-13-16-19-22-25-28-30-31-33-35-38-41-44-47-50-53-56-62(65)68-59-60(58-67-61(64)55-52-49-46-43-40-37-34-27-24-21-18-15-12-9-6-3)69-63(66)57-54-51-48-45-42-39-36-32-29-26-23-20-17-14-11-8-5-2/h7,9-10,12,15-16,18-19,21,24-25,27-28,31,33-34,60H,4-6,8,11,13-14,17,20,22-23,26,29-30,32,35-59H2,1-3H3/b10-7-,12-9-,18-15-,19-16-,24-21-,28-25-,33-31-,34-27-. The van der Waals surface area contributed by atoms with Crippen LogP contribution in [0.3, 0.4) is 0 Å². The largest absolute Gasteiger partial charge is 0.462 e. The molecule has 0 aromatic carbocycles. The van der Waals surface area contributed by atoms with Crippen LogP contribution in [-0.2, 0) is 28.6 Å². The molecule has 0 fully saturated rings. The molecule has 1 atom stereocenters. The molecule has 394 valence electrons. The molecule has 0 saturated heterocycles. The molecule has 0 aliphatic carbocycles. The predicted molar refractivity (Wildman–Crippen MR) is 297 cm³/mol. The van der Waals surface area contributed by atoms with Crippen LogP contribution in [0.25, 0.3) is 0 Å². The van der Waals surface area contributed by atoms with Gasteiger partial charge in [-0.1, -0.05) is 266 Å². The molecule has 69 heavy (non-hydrogen) atoms. The third-order valence-electron chi connectivity index (χ3n) is 12.2. The normalized spacial score (nSPS) is 12.8. The Morgan fingerprint density at radius 2 is 0.638 bits per heavy atom. The highest BCUT2D eigenvalue weighted by molar-refractivity contribution is 5.71. The van der Waals surface area contributed by atoms with Crippen LogP contribution in [0.2, 0.25) is 0 Å². The summed E-state index contributed by atoms with van der Waals surface area (Å²) < 4.78 is 16.9. The first-order valence-corrected chi connectivity index (χ1v) is 28.8. The van der Waals surface area contributed by atoms with Gasteiger partial charge in [0.15, 0.2) is 6.10 Å². The van der Waals surface area contributed by atoms with Gasteiger partial charge in [0.25, 0.3) is 0 Å². The first-order valence-electron chi connectivity index (χ1n) is 28.8. The monoisotopic (exact) mass is 959 g/mol.